The molecule has 0 unspecified atom stereocenters. The van der Waals surface area contributed by atoms with Gasteiger partial charge in [0.15, 0.2) is 5.78 Å². The van der Waals surface area contributed by atoms with Gasteiger partial charge in [-0.1, -0.05) is 35.0 Å². The van der Waals surface area contributed by atoms with Gasteiger partial charge >= 0.3 is 0 Å². The molecular weight excluding hydrogens is 314 g/mol. The van der Waals surface area contributed by atoms with Crippen molar-refractivity contribution >= 4 is 21.7 Å². The summed E-state index contributed by atoms with van der Waals surface area (Å²) in [7, 11) is 0. The summed E-state index contributed by atoms with van der Waals surface area (Å²) in [5.41, 5.74) is 0.831. The van der Waals surface area contributed by atoms with Gasteiger partial charge in [0, 0.05) is 23.0 Å². The van der Waals surface area contributed by atoms with Gasteiger partial charge in [0.25, 0.3) is 0 Å². The second-order valence-corrected chi connectivity index (χ2v) is 6.69. The largest absolute Gasteiger partial charge is 0.303 e. The van der Waals surface area contributed by atoms with Gasteiger partial charge in [0.1, 0.15) is 0 Å². The van der Waals surface area contributed by atoms with E-state index in [0.717, 1.165) is 28.9 Å². The van der Waals surface area contributed by atoms with Gasteiger partial charge in [-0.15, -0.1) is 0 Å². The molecule has 0 aromatic heterocycles. The van der Waals surface area contributed by atoms with Crippen molar-refractivity contribution in [3.63, 3.8) is 0 Å². The summed E-state index contributed by atoms with van der Waals surface area (Å²) in [5.74, 6) is 1.20. The number of rotatable bonds is 9. The molecule has 1 aromatic carbocycles. The van der Waals surface area contributed by atoms with Crippen LogP contribution in [0.2, 0.25) is 0 Å². The number of nitrogens with zero attached hydrogens (tertiary/aromatic N) is 1. The fourth-order valence-corrected chi connectivity index (χ4v) is 2.78. The number of hydrogen-bond donors (Lipinski definition) is 0. The van der Waals surface area contributed by atoms with Crippen molar-refractivity contribution in [2.75, 3.05) is 19.6 Å². The van der Waals surface area contributed by atoms with Crippen molar-refractivity contribution in [3.05, 3.63) is 34.3 Å². The van der Waals surface area contributed by atoms with E-state index in [-0.39, 0.29) is 5.78 Å². The fourth-order valence-electron chi connectivity index (χ4n) is 2.52. The molecule has 0 aliphatic heterocycles. The maximum atomic E-state index is 12.1. The van der Waals surface area contributed by atoms with E-state index >= 15 is 0 Å². The van der Waals surface area contributed by atoms with Crippen LogP contribution in [0.5, 0.6) is 0 Å². The number of benzene rings is 1. The Hall–Kier alpha value is -0.670. The molecule has 0 heterocycles. The molecular formula is C17H24BrNO. The Morgan fingerprint density at radius 1 is 1.25 bits per heavy atom. The minimum atomic E-state index is 0.264. The van der Waals surface area contributed by atoms with Crippen molar-refractivity contribution in [1.82, 2.24) is 4.90 Å². The molecule has 1 fully saturated rings. The normalized spacial score (nSPS) is 14.8. The summed E-state index contributed by atoms with van der Waals surface area (Å²) < 4.78 is 1.02. The van der Waals surface area contributed by atoms with Gasteiger partial charge in [-0.05, 0) is 56.8 Å². The first kappa shape index (κ1) is 15.7. The molecule has 1 aliphatic carbocycles. The lowest BCUT2D eigenvalue weighted by Gasteiger charge is -2.21. The molecule has 0 N–H and O–H groups in total. The summed E-state index contributed by atoms with van der Waals surface area (Å²) >= 11 is 3.39. The van der Waals surface area contributed by atoms with Gasteiger partial charge in [-0.2, -0.15) is 0 Å². The lowest BCUT2D eigenvalue weighted by molar-refractivity contribution is 0.0974. The molecule has 0 saturated heterocycles. The van der Waals surface area contributed by atoms with Crippen molar-refractivity contribution < 1.29 is 4.79 Å². The lowest BCUT2D eigenvalue weighted by Crippen LogP contribution is -2.28. The van der Waals surface area contributed by atoms with Crippen molar-refractivity contribution in [1.29, 1.82) is 0 Å². The van der Waals surface area contributed by atoms with Gasteiger partial charge in [0.2, 0.25) is 0 Å². The third kappa shape index (κ3) is 5.37. The van der Waals surface area contributed by atoms with E-state index in [1.165, 1.54) is 32.4 Å². The molecule has 2 rings (SSSR count). The molecule has 1 aromatic rings. The van der Waals surface area contributed by atoms with E-state index in [9.17, 15) is 4.79 Å². The predicted octanol–water partition coefficient (Wildman–Crippen LogP) is 4.53. The molecule has 0 bridgehead atoms. The molecule has 110 valence electrons. The maximum Gasteiger partial charge on any atom is 0.162 e. The Balaban J connectivity index is 1.72. The van der Waals surface area contributed by atoms with E-state index in [1.807, 2.05) is 24.3 Å². The van der Waals surface area contributed by atoms with Crippen molar-refractivity contribution in [2.45, 2.75) is 39.0 Å². The highest BCUT2D eigenvalue weighted by Gasteiger charge is 2.23. The lowest BCUT2D eigenvalue weighted by atomic mass is 10.1. The highest BCUT2D eigenvalue weighted by Crippen LogP contribution is 2.29. The van der Waals surface area contributed by atoms with Crippen LogP contribution in [0.25, 0.3) is 0 Å². The molecule has 20 heavy (non-hydrogen) atoms. The van der Waals surface area contributed by atoms with Gasteiger partial charge < -0.3 is 4.90 Å². The third-order valence-corrected chi connectivity index (χ3v) is 4.33. The monoisotopic (exact) mass is 337 g/mol. The van der Waals surface area contributed by atoms with Crippen molar-refractivity contribution in [3.8, 4) is 0 Å². The van der Waals surface area contributed by atoms with E-state index in [4.69, 9.17) is 0 Å². The SMILES string of the molecule is CCCN(CCCC(=O)c1ccc(Br)cc1)CC1CC1. The molecule has 0 radical (unpaired) electrons. The summed E-state index contributed by atoms with van der Waals surface area (Å²) in [4.78, 5) is 14.6. The molecule has 0 atom stereocenters. The number of Topliss-reactive ketones (excluding diaryl/α,β-unsaturated/α-hetero) is 1. The first-order valence-corrected chi connectivity index (χ1v) is 8.49. The Labute approximate surface area is 130 Å². The second-order valence-electron chi connectivity index (χ2n) is 5.78. The Kier molecular flexibility index (Phi) is 6.24. The predicted molar refractivity (Wildman–Crippen MR) is 87.2 cm³/mol. The highest BCUT2D eigenvalue weighted by molar-refractivity contribution is 9.10. The van der Waals surface area contributed by atoms with E-state index in [2.05, 4.69) is 27.8 Å². The smallest absolute Gasteiger partial charge is 0.162 e. The van der Waals surface area contributed by atoms with Crippen LogP contribution < -0.4 is 0 Å². The zero-order valence-electron chi connectivity index (χ0n) is 12.3. The maximum absolute atomic E-state index is 12.1. The van der Waals surface area contributed by atoms with Crippen LogP contribution in [0.3, 0.4) is 0 Å². The number of carbonyl (C=O) groups excluding carboxylic acids is 1. The molecule has 0 spiro atoms. The number of carbonyl (C=O) groups is 1. The van der Waals surface area contributed by atoms with Crippen LogP contribution in [0.4, 0.5) is 0 Å². The van der Waals surface area contributed by atoms with Crippen LogP contribution in [-0.2, 0) is 0 Å². The molecule has 3 heteroatoms. The molecule has 2 nitrogen and oxygen atoms in total. The van der Waals surface area contributed by atoms with Gasteiger partial charge in [-0.3, -0.25) is 4.79 Å². The number of halogens is 1. The topological polar surface area (TPSA) is 20.3 Å². The standard InChI is InChI=1S/C17H24BrNO/c1-2-11-19(13-14-5-6-14)12-3-4-17(20)15-7-9-16(18)10-8-15/h7-10,14H,2-6,11-13H2,1H3. The molecule has 1 saturated carbocycles. The van der Waals surface area contributed by atoms with Crippen LogP contribution in [-0.4, -0.2) is 30.3 Å². The minimum Gasteiger partial charge on any atom is -0.303 e. The average Bonchev–Trinajstić information content (AvgIpc) is 3.23. The Morgan fingerprint density at radius 3 is 2.55 bits per heavy atom. The first-order chi connectivity index (χ1) is 9.69. The van der Waals surface area contributed by atoms with Crippen LogP contribution in [0.1, 0.15) is 49.4 Å². The number of hydrogen-bond acceptors (Lipinski definition) is 2. The van der Waals surface area contributed by atoms with Gasteiger partial charge in [0.05, 0.1) is 0 Å². The zero-order chi connectivity index (χ0) is 14.4. The minimum absolute atomic E-state index is 0.264. The van der Waals surface area contributed by atoms with Crippen LogP contribution in [0.15, 0.2) is 28.7 Å². The third-order valence-electron chi connectivity index (χ3n) is 3.80. The summed E-state index contributed by atoms with van der Waals surface area (Å²) in [6.07, 6.45) is 5.64. The van der Waals surface area contributed by atoms with Crippen molar-refractivity contribution in [2.24, 2.45) is 5.92 Å². The zero-order valence-corrected chi connectivity index (χ0v) is 13.9. The Bertz CT molecular complexity index is 425. The molecule has 1 aliphatic rings. The molecule has 0 amide bonds. The fraction of sp³-hybridized carbons (Fsp3) is 0.588. The summed E-state index contributed by atoms with van der Waals surface area (Å²) in [5, 5.41) is 0. The first-order valence-electron chi connectivity index (χ1n) is 7.70. The number of ketones is 1. The van der Waals surface area contributed by atoms with E-state index in [1.54, 1.807) is 0 Å². The quantitative estimate of drug-likeness (QED) is 0.617. The van der Waals surface area contributed by atoms with Crippen LogP contribution in [0, 0.1) is 5.92 Å². The second kappa shape index (κ2) is 7.94. The Morgan fingerprint density at radius 2 is 1.95 bits per heavy atom. The van der Waals surface area contributed by atoms with Crippen LogP contribution >= 0.6 is 15.9 Å². The summed E-state index contributed by atoms with van der Waals surface area (Å²) in [6.45, 7) is 5.70. The average molecular weight is 338 g/mol. The van der Waals surface area contributed by atoms with E-state index in [0.29, 0.717) is 6.42 Å². The highest BCUT2D eigenvalue weighted by atomic mass is 79.9. The summed E-state index contributed by atoms with van der Waals surface area (Å²) in [6, 6.07) is 7.67. The van der Waals surface area contributed by atoms with Gasteiger partial charge in [-0.25, -0.2) is 0 Å². The van der Waals surface area contributed by atoms with E-state index < -0.39 is 0 Å².